The van der Waals surface area contributed by atoms with Gasteiger partial charge in [0, 0.05) is 18.2 Å². The molecule has 0 bridgehead atoms. The minimum absolute atomic E-state index is 0.00494. The van der Waals surface area contributed by atoms with E-state index in [0.29, 0.717) is 12.1 Å². The smallest absolute Gasteiger partial charge is 0.387 e. The zero-order valence-corrected chi connectivity index (χ0v) is 9.92. The maximum Gasteiger partial charge on any atom is 0.387 e. The molecule has 0 heterocycles. The molecule has 1 aromatic carbocycles. The standard InChI is InChI=1S/C12H15F3N2O/c1-3-4-7(2)17-10-6-11(18-12(14)15)8(13)5-9(10)16/h3,5-7,12,17H,1,4,16H2,2H3. The van der Waals surface area contributed by atoms with Gasteiger partial charge in [0.25, 0.3) is 0 Å². The number of hydrogen-bond donors (Lipinski definition) is 2. The molecule has 18 heavy (non-hydrogen) atoms. The summed E-state index contributed by atoms with van der Waals surface area (Å²) in [6.07, 6.45) is 2.36. The Balaban J connectivity index is 2.93. The number of nitrogens with one attached hydrogen (secondary N) is 1. The lowest BCUT2D eigenvalue weighted by atomic mass is 10.2. The van der Waals surface area contributed by atoms with Gasteiger partial charge in [-0.25, -0.2) is 4.39 Å². The van der Waals surface area contributed by atoms with Crippen molar-refractivity contribution in [2.75, 3.05) is 11.1 Å². The molecule has 0 aliphatic carbocycles. The van der Waals surface area contributed by atoms with Crippen LogP contribution >= 0.6 is 0 Å². The van der Waals surface area contributed by atoms with Gasteiger partial charge < -0.3 is 15.8 Å². The van der Waals surface area contributed by atoms with E-state index >= 15 is 0 Å². The Hall–Kier alpha value is -1.85. The number of anilines is 2. The summed E-state index contributed by atoms with van der Waals surface area (Å²) in [5, 5.41) is 2.96. The highest BCUT2D eigenvalue weighted by molar-refractivity contribution is 5.69. The van der Waals surface area contributed by atoms with E-state index in [1.165, 1.54) is 0 Å². The van der Waals surface area contributed by atoms with Crippen molar-refractivity contribution in [1.82, 2.24) is 0 Å². The third-order valence-corrected chi connectivity index (χ3v) is 2.24. The fourth-order valence-electron chi connectivity index (χ4n) is 1.45. The van der Waals surface area contributed by atoms with E-state index in [2.05, 4.69) is 16.6 Å². The lowest BCUT2D eigenvalue weighted by Gasteiger charge is -2.16. The van der Waals surface area contributed by atoms with E-state index in [9.17, 15) is 13.2 Å². The first kappa shape index (κ1) is 14.2. The molecule has 0 amide bonds. The van der Waals surface area contributed by atoms with Crippen molar-refractivity contribution in [2.24, 2.45) is 0 Å². The van der Waals surface area contributed by atoms with Crippen molar-refractivity contribution in [3.05, 3.63) is 30.6 Å². The molecule has 1 rings (SSSR count). The molecule has 0 spiro atoms. The highest BCUT2D eigenvalue weighted by Gasteiger charge is 2.14. The fourth-order valence-corrected chi connectivity index (χ4v) is 1.45. The summed E-state index contributed by atoms with van der Waals surface area (Å²) in [6, 6.07) is 2.06. The number of alkyl halides is 2. The third-order valence-electron chi connectivity index (χ3n) is 2.24. The van der Waals surface area contributed by atoms with Gasteiger partial charge in [0.1, 0.15) is 0 Å². The Morgan fingerprint density at radius 3 is 2.72 bits per heavy atom. The van der Waals surface area contributed by atoms with Gasteiger partial charge in [-0.2, -0.15) is 8.78 Å². The summed E-state index contributed by atoms with van der Waals surface area (Å²) in [4.78, 5) is 0. The normalized spacial score (nSPS) is 12.3. The highest BCUT2D eigenvalue weighted by Crippen LogP contribution is 2.29. The monoisotopic (exact) mass is 260 g/mol. The van der Waals surface area contributed by atoms with Crippen LogP contribution in [0.5, 0.6) is 5.75 Å². The molecule has 1 atom stereocenters. The van der Waals surface area contributed by atoms with Crippen molar-refractivity contribution < 1.29 is 17.9 Å². The lowest BCUT2D eigenvalue weighted by Crippen LogP contribution is -2.15. The van der Waals surface area contributed by atoms with E-state index < -0.39 is 18.2 Å². The molecule has 1 aromatic rings. The van der Waals surface area contributed by atoms with E-state index in [-0.39, 0.29) is 11.7 Å². The predicted octanol–water partition coefficient (Wildman–Crippen LogP) is 3.39. The number of benzene rings is 1. The lowest BCUT2D eigenvalue weighted by molar-refractivity contribution is -0.0521. The molecule has 0 aliphatic heterocycles. The number of hydrogen-bond acceptors (Lipinski definition) is 3. The van der Waals surface area contributed by atoms with Gasteiger partial charge >= 0.3 is 6.61 Å². The van der Waals surface area contributed by atoms with E-state index in [1.54, 1.807) is 6.08 Å². The van der Waals surface area contributed by atoms with Gasteiger partial charge in [-0.15, -0.1) is 6.58 Å². The minimum atomic E-state index is -3.08. The average molecular weight is 260 g/mol. The maximum atomic E-state index is 13.3. The summed E-state index contributed by atoms with van der Waals surface area (Å²) in [6.45, 7) is 2.36. The van der Waals surface area contributed by atoms with Crippen LogP contribution in [0.4, 0.5) is 24.5 Å². The first-order valence-corrected chi connectivity index (χ1v) is 5.35. The van der Waals surface area contributed by atoms with Crippen LogP contribution in [0.2, 0.25) is 0 Å². The molecule has 0 saturated carbocycles. The molecule has 0 aromatic heterocycles. The van der Waals surface area contributed by atoms with Gasteiger partial charge in [0.2, 0.25) is 0 Å². The van der Waals surface area contributed by atoms with Crippen LogP contribution < -0.4 is 15.8 Å². The quantitative estimate of drug-likeness (QED) is 0.609. The van der Waals surface area contributed by atoms with Gasteiger partial charge in [0.15, 0.2) is 11.6 Å². The summed E-state index contributed by atoms with van der Waals surface area (Å²) >= 11 is 0. The second-order valence-corrected chi connectivity index (χ2v) is 3.82. The van der Waals surface area contributed by atoms with Crippen molar-refractivity contribution in [3.8, 4) is 5.75 Å². The van der Waals surface area contributed by atoms with Crippen LogP contribution in [-0.2, 0) is 0 Å². The first-order chi connectivity index (χ1) is 8.43. The van der Waals surface area contributed by atoms with Crippen molar-refractivity contribution in [1.29, 1.82) is 0 Å². The van der Waals surface area contributed by atoms with Crippen LogP contribution in [0, 0.1) is 5.82 Å². The van der Waals surface area contributed by atoms with Crippen LogP contribution in [-0.4, -0.2) is 12.7 Å². The molecule has 3 N–H and O–H groups in total. The average Bonchev–Trinajstić information content (AvgIpc) is 2.24. The van der Waals surface area contributed by atoms with Crippen LogP contribution in [0.3, 0.4) is 0 Å². The van der Waals surface area contributed by atoms with Crippen LogP contribution in [0.1, 0.15) is 13.3 Å². The molecule has 6 heteroatoms. The summed E-state index contributed by atoms with van der Waals surface area (Å²) in [7, 11) is 0. The van der Waals surface area contributed by atoms with Gasteiger partial charge in [-0.05, 0) is 13.3 Å². The second-order valence-electron chi connectivity index (χ2n) is 3.82. The maximum absolute atomic E-state index is 13.3. The number of nitrogen functional groups attached to an aromatic ring is 1. The van der Waals surface area contributed by atoms with Crippen LogP contribution in [0.25, 0.3) is 0 Å². The van der Waals surface area contributed by atoms with E-state index in [0.717, 1.165) is 12.1 Å². The van der Waals surface area contributed by atoms with Crippen molar-refractivity contribution >= 4 is 11.4 Å². The zero-order valence-electron chi connectivity index (χ0n) is 9.92. The molecule has 1 unspecified atom stereocenters. The molecule has 0 saturated heterocycles. The van der Waals surface area contributed by atoms with Crippen molar-refractivity contribution in [3.63, 3.8) is 0 Å². The topological polar surface area (TPSA) is 47.3 Å². The summed E-state index contributed by atoms with van der Waals surface area (Å²) in [5.41, 5.74) is 6.07. The summed E-state index contributed by atoms with van der Waals surface area (Å²) in [5.74, 6) is -1.46. The van der Waals surface area contributed by atoms with Gasteiger partial charge in [-0.3, -0.25) is 0 Å². The Bertz CT molecular complexity index is 424. The molecule has 0 aliphatic rings. The third kappa shape index (κ3) is 3.87. The number of ether oxygens (including phenoxy) is 1. The molecule has 100 valence electrons. The highest BCUT2D eigenvalue weighted by atomic mass is 19.3. The minimum Gasteiger partial charge on any atom is -0.432 e. The largest absolute Gasteiger partial charge is 0.432 e. The van der Waals surface area contributed by atoms with Crippen LogP contribution in [0.15, 0.2) is 24.8 Å². The SMILES string of the molecule is C=CCC(C)Nc1cc(OC(F)F)c(F)cc1N. The van der Waals surface area contributed by atoms with Gasteiger partial charge in [-0.1, -0.05) is 6.08 Å². The Labute approximate surface area is 103 Å². The number of halogens is 3. The fraction of sp³-hybridized carbons (Fsp3) is 0.333. The molecular weight excluding hydrogens is 245 g/mol. The number of nitrogens with two attached hydrogens (primary N) is 1. The second kappa shape index (κ2) is 6.18. The van der Waals surface area contributed by atoms with Gasteiger partial charge in [0.05, 0.1) is 11.4 Å². The molecule has 0 fully saturated rings. The Kier molecular flexibility index (Phi) is 4.88. The Morgan fingerprint density at radius 2 is 2.17 bits per heavy atom. The van der Waals surface area contributed by atoms with E-state index in [1.807, 2.05) is 6.92 Å². The molecule has 0 radical (unpaired) electrons. The Morgan fingerprint density at radius 1 is 1.50 bits per heavy atom. The molecular formula is C12H15F3N2O. The van der Waals surface area contributed by atoms with E-state index in [4.69, 9.17) is 5.73 Å². The van der Waals surface area contributed by atoms with Crippen molar-refractivity contribution in [2.45, 2.75) is 26.0 Å². The number of rotatable bonds is 6. The summed E-state index contributed by atoms with van der Waals surface area (Å²) < 4.78 is 41.5. The molecule has 3 nitrogen and oxygen atoms in total. The zero-order chi connectivity index (χ0) is 13.7. The first-order valence-electron chi connectivity index (χ1n) is 5.35. The predicted molar refractivity (Wildman–Crippen MR) is 65.3 cm³/mol.